The van der Waals surface area contributed by atoms with Crippen LogP contribution in [0.4, 0.5) is 5.69 Å². The number of carbonyl (C=O) groups is 1. The second-order valence-corrected chi connectivity index (χ2v) is 6.98. The van der Waals surface area contributed by atoms with Crippen molar-refractivity contribution < 1.29 is 13.9 Å². The number of rotatable bonds is 3. The van der Waals surface area contributed by atoms with Gasteiger partial charge < -0.3 is 14.5 Å². The van der Waals surface area contributed by atoms with Gasteiger partial charge in [0.25, 0.3) is 5.91 Å². The summed E-state index contributed by atoms with van der Waals surface area (Å²) in [5, 5.41) is 4.10. The van der Waals surface area contributed by atoms with Crippen molar-refractivity contribution in [3.05, 3.63) is 69.4 Å². The molecule has 0 saturated carbocycles. The van der Waals surface area contributed by atoms with E-state index >= 15 is 0 Å². The van der Waals surface area contributed by atoms with Crippen LogP contribution >= 0.6 is 11.3 Å². The number of anilines is 1. The third kappa shape index (κ3) is 2.84. The summed E-state index contributed by atoms with van der Waals surface area (Å²) < 4.78 is 11.2. The van der Waals surface area contributed by atoms with Crippen molar-refractivity contribution in [3.8, 4) is 5.75 Å². The molecule has 0 fully saturated rings. The lowest BCUT2D eigenvalue weighted by Crippen LogP contribution is -2.10. The first-order chi connectivity index (χ1) is 12.5. The Bertz CT molecular complexity index is 1190. The van der Waals surface area contributed by atoms with Gasteiger partial charge in [-0.3, -0.25) is 4.79 Å². The van der Waals surface area contributed by atoms with Gasteiger partial charge in [-0.1, -0.05) is 11.6 Å². The normalized spacial score (nSPS) is 11.0. The molecule has 0 saturated heterocycles. The molecule has 6 heteroatoms. The molecule has 1 N–H and O–H groups in total. The number of hydrogen-bond acceptors (Lipinski definition) is 5. The van der Waals surface area contributed by atoms with Gasteiger partial charge in [0.05, 0.1) is 22.1 Å². The molecular weight excluding hydrogens is 350 g/mol. The average Bonchev–Trinajstić information content (AvgIpc) is 3.10. The summed E-state index contributed by atoms with van der Waals surface area (Å²) in [5.74, 6) is 0.445. The van der Waals surface area contributed by atoms with E-state index in [-0.39, 0.29) is 5.91 Å². The van der Waals surface area contributed by atoms with E-state index in [0.717, 1.165) is 15.6 Å². The Kier molecular flexibility index (Phi) is 3.97. The van der Waals surface area contributed by atoms with Crippen molar-refractivity contribution in [1.82, 2.24) is 0 Å². The number of benzene rings is 2. The number of amides is 1. The number of methoxy groups -OCH3 is 1. The van der Waals surface area contributed by atoms with Crippen LogP contribution in [0.2, 0.25) is 0 Å². The van der Waals surface area contributed by atoms with E-state index < -0.39 is 5.63 Å². The summed E-state index contributed by atoms with van der Waals surface area (Å²) in [7, 11) is 1.59. The topological polar surface area (TPSA) is 68.5 Å². The Labute approximate surface area is 152 Å². The second-order valence-electron chi connectivity index (χ2n) is 5.93. The third-order valence-corrected chi connectivity index (χ3v) is 5.27. The van der Waals surface area contributed by atoms with Gasteiger partial charge in [-0.15, -0.1) is 11.3 Å². The van der Waals surface area contributed by atoms with Gasteiger partial charge in [0.1, 0.15) is 11.3 Å². The van der Waals surface area contributed by atoms with E-state index in [1.54, 1.807) is 43.5 Å². The van der Waals surface area contributed by atoms with Crippen molar-refractivity contribution in [1.29, 1.82) is 0 Å². The smallest absolute Gasteiger partial charge is 0.345 e. The van der Waals surface area contributed by atoms with Gasteiger partial charge >= 0.3 is 5.63 Å². The molecule has 2 aromatic carbocycles. The quantitative estimate of drug-likeness (QED) is 0.540. The largest absolute Gasteiger partial charge is 0.497 e. The summed E-state index contributed by atoms with van der Waals surface area (Å²) >= 11 is 1.29. The Morgan fingerprint density at radius 3 is 2.58 bits per heavy atom. The molecule has 130 valence electrons. The van der Waals surface area contributed by atoms with Gasteiger partial charge in [-0.25, -0.2) is 4.79 Å². The number of carbonyl (C=O) groups excluding carboxylic acids is 1. The minimum atomic E-state index is -0.434. The number of hydrogen-bond donors (Lipinski definition) is 1. The molecule has 0 radical (unpaired) electrons. The van der Waals surface area contributed by atoms with Crippen LogP contribution < -0.4 is 15.7 Å². The predicted molar refractivity (Wildman–Crippen MR) is 104 cm³/mol. The third-order valence-electron chi connectivity index (χ3n) is 4.11. The van der Waals surface area contributed by atoms with Crippen LogP contribution in [0, 0.1) is 6.92 Å². The van der Waals surface area contributed by atoms with Crippen molar-refractivity contribution in [2.45, 2.75) is 6.92 Å². The lowest BCUT2D eigenvalue weighted by molar-refractivity contribution is 0.103. The van der Waals surface area contributed by atoms with E-state index in [4.69, 9.17) is 9.15 Å². The number of nitrogens with one attached hydrogen (secondary N) is 1. The highest BCUT2D eigenvalue weighted by Crippen LogP contribution is 2.31. The highest BCUT2D eigenvalue weighted by molar-refractivity contribution is 7.21. The van der Waals surface area contributed by atoms with Gasteiger partial charge in [-0.2, -0.15) is 0 Å². The number of ether oxygens (including phenoxy) is 1. The van der Waals surface area contributed by atoms with Crippen molar-refractivity contribution in [3.63, 3.8) is 0 Å². The first kappa shape index (κ1) is 16.4. The Morgan fingerprint density at radius 2 is 1.85 bits per heavy atom. The molecule has 0 bridgehead atoms. The first-order valence-corrected chi connectivity index (χ1v) is 8.79. The maximum Gasteiger partial charge on any atom is 0.345 e. The SMILES string of the molecule is COc1ccc(NC(=O)c2cc3c(=O)oc4ccc(C)cc4c3s2)cc1. The summed E-state index contributed by atoms with van der Waals surface area (Å²) in [5.41, 5.74) is 1.81. The number of fused-ring (bicyclic) bond motifs is 3. The van der Waals surface area contributed by atoms with E-state index in [2.05, 4.69) is 5.32 Å². The molecule has 0 atom stereocenters. The van der Waals surface area contributed by atoms with Gasteiger partial charge in [0.15, 0.2) is 0 Å². The molecule has 0 unspecified atom stereocenters. The Hall–Kier alpha value is -3.12. The molecule has 1 amide bonds. The standard InChI is InChI=1S/C20H15NO4S/c1-11-3-8-16-14(9-11)18-15(20(23)25-16)10-17(26-18)19(22)21-12-4-6-13(24-2)7-5-12/h3-10H,1-2H3,(H,21,22). The zero-order chi connectivity index (χ0) is 18.3. The molecule has 5 nitrogen and oxygen atoms in total. The Morgan fingerprint density at radius 1 is 1.08 bits per heavy atom. The van der Waals surface area contributed by atoms with E-state index in [0.29, 0.717) is 27.3 Å². The molecule has 0 aliphatic carbocycles. The second kappa shape index (κ2) is 6.31. The molecule has 4 rings (SSSR count). The van der Waals surface area contributed by atoms with Crippen molar-refractivity contribution >= 4 is 44.0 Å². The van der Waals surface area contributed by atoms with E-state index in [1.807, 2.05) is 19.1 Å². The van der Waals surface area contributed by atoms with Crippen LogP contribution in [0.1, 0.15) is 15.2 Å². The average molecular weight is 365 g/mol. The van der Waals surface area contributed by atoms with Gasteiger partial charge in [0, 0.05) is 11.1 Å². The molecule has 2 heterocycles. The minimum Gasteiger partial charge on any atom is -0.497 e. The first-order valence-electron chi connectivity index (χ1n) is 7.97. The van der Waals surface area contributed by atoms with E-state index in [9.17, 15) is 9.59 Å². The molecule has 26 heavy (non-hydrogen) atoms. The van der Waals surface area contributed by atoms with Crippen LogP contribution in [0.5, 0.6) is 5.75 Å². The molecular formula is C20H15NO4S. The van der Waals surface area contributed by atoms with Crippen LogP contribution in [-0.2, 0) is 0 Å². The van der Waals surface area contributed by atoms with Gasteiger partial charge in [-0.05, 0) is 49.4 Å². The molecule has 0 aliphatic rings. The number of aryl methyl sites for hydroxylation is 1. The minimum absolute atomic E-state index is 0.267. The number of thiophene rings is 1. The van der Waals surface area contributed by atoms with E-state index in [1.165, 1.54) is 11.3 Å². The molecule has 4 aromatic rings. The fraction of sp³-hybridized carbons (Fsp3) is 0.100. The van der Waals surface area contributed by atoms with Crippen LogP contribution in [0.25, 0.3) is 21.1 Å². The summed E-state index contributed by atoms with van der Waals surface area (Å²) in [4.78, 5) is 25.3. The zero-order valence-electron chi connectivity index (χ0n) is 14.2. The fourth-order valence-electron chi connectivity index (χ4n) is 2.79. The molecule has 0 spiro atoms. The predicted octanol–water partition coefficient (Wildman–Crippen LogP) is 4.58. The maximum absolute atomic E-state index is 12.6. The van der Waals surface area contributed by atoms with Crippen LogP contribution in [-0.4, -0.2) is 13.0 Å². The van der Waals surface area contributed by atoms with Gasteiger partial charge in [0.2, 0.25) is 0 Å². The molecule has 0 aliphatic heterocycles. The summed E-state index contributed by atoms with van der Waals surface area (Å²) in [6, 6.07) is 14.3. The van der Waals surface area contributed by atoms with Crippen LogP contribution in [0.15, 0.2) is 57.7 Å². The van der Waals surface area contributed by atoms with Crippen molar-refractivity contribution in [2.24, 2.45) is 0 Å². The lowest BCUT2D eigenvalue weighted by atomic mass is 10.1. The zero-order valence-corrected chi connectivity index (χ0v) is 15.0. The Balaban J connectivity index is 1.75. The summed E-state index contributed by atoms with van der Waals surface area (Å²) in [6.07, 6.45) is 0. The van der Waals surface area contributed by atoms with Crippen LogP contribution in [0.3, 0.4) is 0 Å². The monoisotopic (exact) mass is 365 g/mol. The molecule has 2 aromatic heterocycles. The fourth-order valence-corrected chi connectivity index (χ4v) is 3.85. The van der Waals surface area contributed by atoms with Crippen molar-refractivity contribution in [2.75, 3.05) is 12.4 Å². The lowest BCUT2D eigenvalue weighted by Gasteiger charge is -2.04. The highest BCUT2D eigenvalue weighted by Gasteiger charge is 2.16. The highest BCUT2D eigenvalue weighted by atomic mass is 32.1. The maximum atomic E-state index is 12.6. The summed E-state index contributed by atoms with van der Waals surface area (Å²) in [6.45, 7) is 1.97.